The van der Waals surface area contributed by atoms with Crippen LogP contribution >= 0.6 is 36.2 Å². The van der Waals surface area contributed by atoms with E-state index >= 15 is 0 Å². The van der Waals surface area contributed by atoms with Crippen molar-refractivity contribution in [1.82, 2.24) is 20.5 Å². The van der Waals surface area contributed by atoms with Crippen LogP contribution in [0, 0.1) is 6.92 Å². The maximum absolute atomic E-state index is 12.4. The zero-order chi connectivity index (χ0) is 17.5. The molecule has 150 valence electrons. The molecule has 0 aliphatic carbocycles. The van der Waals surface area contributed by atoms with Crippen LogP contribution in [0.3, 0.4) is 0 Å². The van der Waals surface area contributed by atoms with Crippen molar-refractivity contribution in [2.45, 2.75) is 19.8 Å². The summed E-state index contributed by atoms with van der Waals surface area (Å²) < 4.78 is 0. The first-order valence-electron chi connectivity index (χ1n) is 8.94. The summed E-state index contributed by atoms with van der Waals surface area (Å²) in [6.45, 7) is 8.01. The number of halogens is 2. The monoisotopic (exact) mass is 430 g/mol. The highest BCUT2D eigenvalue weighted by molar-refractivity contribution is 7.13. The summed E-state index contributed by atoms with van der Waals surface area (Å²) in [4.78, 5) is 20.2. The van der Waals surface area contributed by atoms with Gasteiger partial charge in [-0.15, -0.1) is 36.2 Å². The molecule has 0 spiro atoms. The maximum atomic E-state index is 12.4. The lowest BCUT2D eigenvalue weighted by Gasteiger charge is -2.27. The molecule has 0 bridgehead atoms. The summed E-state index contributed by atoms with van der Waals surface area (Å²) in [7, 11) is 0. The molecule has 2 aromatic rings. The molecule has 0 saturated carbocycles. The lowest BCUT2D eigenvalue weighted by molar-refractivity contribution is 0.0954. The number of benzene rings is 1. The fourth-order valence-electron chi connectivity index (χ4n) is 3.03. The fraction of sp³-hybridized carbons (Fsp3) is 0.474. The van der Waals surface area contributed by atoms with E-state index < -0.39 is 0 Å². The van der Waals surface area contributed by atoms with Crippen molar-refractivity contribution in [1.29, 1.82) is 0 Å². The molecule has 2 heterocycles. The molecule has 2 N–H and O–H groups in total. The summed E-state index contributed by atoms with van der Waals surface area (Å²) in [6.07, 6.45) is 1.77. The number of amides is 1. The third-order valence-electron chi connectivity index (χ3n) is 4.39. The van der Waals surface area contributed by atoms with Gasteiger partial charge in [0, 0.05) is 39.1 Å². The number of hydrogen-bond donors (Lipinski definition) is 2. The molecule has 0 radical (unpaired) electrons. The van der Waals surface area contributed by atoms with Gasteiger partial charge in [0.1, 0.15) is 4.88 Å². The smallest absolute Gasteiger partial charge is 0.263 e. The van der Waals surface area contributed by atoms with E-state index in [4.69, 9.17) is 0 Å². The van der Waals surface area contributed by atoms with Gasteiger partial charge in [-0.25, -0.2) is 4.98 Å². The van der Waals surface area contributed by atoms with Crippen molar-refractivity contribution in [2.75, 3.05) is 39.3 Å². The van der Waals surface area contributed by atoms with E-state index in [-0.39, 0.29) is 30.7 Å². The van der Waals surface area contributed by atoms with Gasteiger partial charge < -0.3 is 15.5 Å². The van der Waals surface area contributed by atoms with E-state index in [0.29, 0.717) is 6.54 Å². The minimum atomic E-state index is 0. The number of nitrogens with one attached hydrogen (secondary N) is 2. The molecule has 3 rings (SSSR count). The topological polar surface area (TPSA) is 57.3 Å². The highest BCUT2D eigenvalue weighted by atomic mass is 35.5. The Kier molecular flexibility index (Phi) is 10.9. The highest BCUT2D eigenvalue weighted by Crippen LogP contribution is 2.20. The zero-order valence-corrected chi connectivity index (χ0v) is 18.0. The van der Waals surface area contributed by atoms with Gasteiger partial charge in [0.2, 0.25) is 0 Å². The molecule has 0 atom stereocenters. The van der Waals surface area contributed by atoms with Crippen LogP contribution < -0.4 is 10.6 Å². The summed E-state index contributed by atoms with van der Waals surface area (Å²) >= 11 is 1.51. The van der Waals surface area contributed by atoms with Crippen LogP contribution in [-0.2, 0) is 6.42 Å². The quantitative estimate of drug-likeness (QED) is 0.662. The number of rotatable bonds is 7. The first-order valence-corrected chi connectivity index (χ1v) is 9.75. The minimum Gasteiger partial charge on any atom is -0.351 e. The Labute approximate surface area is 177 Å². The van der Waals surface area contributed by atoms with Crippen LogP contribution in [0.5, 0.6) is 0 Å². The number of aromatic nitrogens is 1. The second-order valence-corrected chi connectivity index (χ2v) is 7.47. The van der Waals surface area contributed by atoms with E-state index in [1.807, 2.05) is 25.1 Å². The van der Waals surface area contributed by atoms with E-state index in [0.717, 1.165) is 61.1 Å². The Morgan fingerprint density at radius 2 is 1.93 bits per heavy atom. The molecule has 0 unspecified atom stereocenters. The average Bonchev–Trinajstić information content (AvgIpc) is 3.00. The molecule has 1 aromatic carbocycles. The van der Waals surface area contributed by atoms with E-state index in [9.17, 15) is 4.79 Å². The summed E-state index contributed by atoms with van der Waals surface area (Å²) in [6, 6.07) is 10.2. The molecule has 5 nitrogen and oxygen atoms in total. The Hall–Kier alpha value is -1.18. The predicted molar refractivity (Wildman–Crippen MR) is 117 cm³/mol. The van der Waals surface area contributed by atoms with Crippen LogP contribution in [0.4, 0.5) is 0 Å². The fourth-order valence-corrected chi connectivity index (χ4v) is 4.04. The third-order valence-corrected chi connectivity index (χ3v) is 5.55. The molecular weight excluding hydrogens is 403 g/mol. The van der Waals surface area contributed by atoms with Crippen LogP contribution in [0.2, 0.25) is 0 Å². The van der Waals surface area contributed by atoms with Crippen molar-refractivity contribution in [3.8, 4) is 0 Å². The zero-order valence-electron chi connectivity index (χ0n) is 15.6. The molecule has 27 heavy (non-hydrogen) atoms. The Morgan fingerprint density at radius 1 is 1.22 bits per heavy atom. The van der Waals surface area contributed by atoms with Crippen molar-refractivity contribution in [3.05, 3.63) is 51.5 Å². The summed E-state index contributed by atoms with van der Waals surface area (Å²) in [5.41, 5.74) is 2.05. The van der Waals surface area contributed by atoms with Crippen LogP contribution in [-0.4, -0.2) is 55.1 Å². The van der Waals surface area contributed by atoms with Gasteiger partial charge in [-0.2, -0.15) is 0 Å². The predicted octanol–water partition coefficient (Wildman–Crippen LogP) is 2.91. The molecule has 1 aliphatic heterocycles. The normalized spacial score (nSPS) is 14.1. The second-order valence-electron chi connectivity index (χ2n) is 6.39. The second kappa shape index (κ2) is 12.3. The molecule has 8 heteroatoms. The number of carbonyl (C=O) groups is 1. The number of hydrogen-bond acceptors (Lipinski definition) is 5. The maximum Gasteiger partial charge on any atom is 0.263 e. The molecule has 1 aromatic heterocycles. The lowest BCUT2D eigenvalue weighted by atomic mass is 10.2. The summed E-state index contributed by atoms with van der Waals surface area (Å²) in [5, 5.41) is 7.39. The number of nitrogens with zero attached hydrogens (tertiary/aromatic N) is 2. The van der Waals surface area contributed by atoms with Gasteiger partial charge >= 0.3 is 0 Å². The van der Waals surface area contributed by atoms with Crippen molar-refractivity contribution < 1.29 is 4.79 Å². The Morgan fingerprint density at radius 3 is 2.63 bits per heavy atom. The molecular formula is C19H28Cl2N4OS. The van der Waals surface area contributed by atoms with Gasteiger partial charge in [-0.1, -0.05) is 30.3 Å². The van der Waals surface area contributed by atoms with Crippen LogP contribution in [0.25, 0.3) is 0 Å². The van der Waals surface area contributed by atoms with E-state index in [2.05, 4.69) is 32.7 Å². The largest absolute Gasteiger partial charge is 0.351 e. The highest BCUT2D eigenvalue weighted by Gasteiger charge is 2.15. The standard InChI is InChI=1S/C19H26N4OS.2ClH/c1-15-18(25-17(22-15)14-16-6-3-2-4-7-16)19(24)21-8-5-11-23-12-9-20-10-13-23;;/h2-4,6-7,20H,5,8-14H2,1H3,(H,21,24);2*1H. The van der Waals surface area contributed by atoms with E-state index in [1.54, 1.807) is 0 Å². The molecule has 1 fully saturated rings. The van der Waals surface area contributed by atoms with Crippen LogP contribution in [0.15, 0.2) is 30.3 Å². The summed E-state index contributed by atoms with van der Waals surface area (Å²) in [5.74, 6) is 0.00891. The Bertz CT molecular complexity index is 690. The van der Waals surface area contributed by atoms with Gasteiger partial charge in [0.15, 0.2) is 0 Å². The first kappa shape index (κ1) is 23.9. The third kappa shape index (κ3) is 7.39. The van der Waals surface area contributed by atoms with Gasteiger partial charge in [0.05, 0.1) is 10.7 Å². The lowest BCUT2D eigenvalue weighted by Crippen LogP contribution is -2.44. The number of carbonyl (C=O) groups excluding carboxylic acids is 1. The minimum absolute atomic E-state index is 0. The molecule has 1 aliphatic rings. The van der Waals surface area contributed by atoms with Crippen LogP contribution in [0.1, 0.15) is 32.4 Å². The first-order chi connectivity index (χ1) is 12.2. The van der Waals surface area contributed by atoms with Crippen molar-refractivity contribution >= 4 is 42.1 Å². The number of piperazine rings is 1. The molecule has 1 saturated heterocycles. The average molecular weight is 431 g/mol. The van der Waals surface area contributed by atoms with Gasteiger partial charge in [-0.3, -0.25) is 4.79 Å². The number of thiazole rings is 1. The SMILES string of the molecule is Cc1nc(Cc2ccccc2)sc1C(=O)NCCCN1CCNCC1.Cl.Cl. The van der Waals surface area contributed by atoms with Crippen molar-refractivity contribution in [2.24, 2.45) is 0 Å². The Balaban J connectivity index is 0.00000182. The molecule has 1 amide bonds. The van der Waals surface area contributed by atoms with Gasteiger partial charge in [-0.05, 0) is 25.5 Å². The van der Waals surface area contributed by atoms with Crippen molar-refractivity contribution in [3.63, 3.8) is 0 Å². The van der Waals surface area contributed by atoms with Gasteiger partial charge in [0.25, 0.3) is 5.91 Å². The number of aryl methyl sites for hydroxylation is 1. The van der Waals surface area contributed by atoms with E-state index in [1.165, 1.54) is 16.9 Å².